The molecule has 0 aliphatic carbocycles. The van der Waals surface area contributed by atoms with E-state index in [-0.39, 0.29) is 18.5 Å². The summed E-state index contributed by atoms with van der Waals surface area (Å²) in [6, 6.07) is 3.61. The van der Waals surface area contributed by atoms with Gasteiger partial charge in [0.2, 0.25) is 0 Å². The summed E-state index contributed by atoms with van der Waals surface area (Å²) in [5.74, 6) is -1.86. The molecular weight excluding hydrogens is 585 g/mol. The summed E-state index contributed by atoms with van der Waals surface area (Å²) in [6.45, 7) is 4.41. The Hall–Kier alpha value is -1.44. The molecule has 1 aromatic carbocycles. The molecule has 0 bridgehead atoms. The van der Waals surface area contributed by atoms with E-state index in [9.17, 15) is 31.1 Å². The number of nitrogens with zero attached hydrogens (tertiary/aromatic N) is 1. The molecule has 1 aliphatic rings. The minimum Gasteiger partial charge on any atom is -0.444 e. The predicted molar refractivity (Wildman–Crippen MR) is 124 cm³/mol. The van der Waals surface area contributed by atoms with E-state index in [0.717, 1.165) is 16.2 Å². The Labute approximate surface area is 204 Å². The number of rotatable bonds is 3. The van der Waals surface area contributed by atoms with Crippen LogP contribution >= 0.6 is 33.9 Å². The monoisotopic (exact) mass is 608 g/mol. The van der Waals surface area contributed by atoms with Crippen LogP contribution in [-0.2, 0) is 11.2 Å². The Bertz CT molecular complexity index is 1020. The number of fused-ring (bicyclic) bond motifs is 1. The SMILES string of the molecule is CC(C)(C)OC(=O)N1CCC(Nc2cccc3c(CC(F)(F)F)c(I)sc23)C(C(F)(F)F)C1. The van der Waals surface area contributed by atoms with Gasteiger partial charge in [-0.15, -0.1) is 11.3 Å². The van der Waals surface area contributed by atoms with Crippen molar-refractivity contribution < 1.29 is 35.9 Å². The van der Waals surface area contributed by atoms with Crippen molar-refractivity contribution >= 4 is 55.8 Å². The highest BCUT2D eigenvalue weighted by atomic mass is 127. The van der Waals surface area contributed by atoms with Gasteiger partial charge in [0.05, 0.1) is 25.6 Å². The zero-order valence-corrected chi connectivity index (χ0v) is 21.0. The molecule has 2 unspecified atom stereocenters. The number of ether oxygens (including phenoxy) is 1. The summed E-state index contributed by atoms with van der Waals surface area (Å²) in [5.41, 5.74) is -0.354. The molecule has 1 aliphatic heterocycles. The Morgan fingerprint density at radius 3 is 2.45 bits per heavy atom. The fourth-order valence-corrected chi connectivity index (χ4v) is 5.93. The summed E-state index contributed by atoms with van der Waals surface area (Å²) in [4.78, 5) is 13.4. The maximum absolute atomic E-state index is 13.9. The third kappa shape index (κ3) is 6.58. The molecule has 33 heavy (non-hydrogen) atoms. The van der Waals surface area contributed by atoms with Crippen LogP contribution in [0.1, 0.15) is 32.8 Å². The lowest BCUT2D eigenvalue weighted by Gasteiger charge is -2.40. The van der Waals surface area contributed by atoms with Crippen molar-refractivity contribution in [2.75, 3.05) is 18.4 Å². The van der Waals surface area contributed by atoms with Crippen LogP contribution in [0, 0.1) is 8.80 Å². The van der Waals surface area contributed by atoms with Gasteiger partial charge in [0.15, 0.2) is 0 Å². The van der Waals surface area contributed by atoms with E-state index in [1.54, 1.807) is 32.9 Å². The highest BCUT2D eigenvalue weighted by Crippen LogP contribution is 2.42. The molecule has 3 rings (SSSR count). The fraction of sp³-hybridized carbons (Fsp3) is 0.571. The van der Waals surface area contributed by atoms with Crippen molar-refractivity contribution in [3.8, 4) is 0 Å². The normalized spacial score (nSPS) is 20.2. The molecule has 1 N–H and O–H groups in total. The number of amides is 1. The van der Waals surface area contributed by atoms with Crippen LogP contribution in [0.4, 0.5) is 36.8 Å². The molecule has 12 heteroatoms. The predicted octanol–water partition coefficient (Wildman–Crippen LogP) is 7.21. The maximum atomic E-state index is 13.9. The number of halogens is 7. The minimum absolute atomic E-state index is 0.0116. The molecule has 2 heterocycles. The first kappa shape index (κ1) is 26.2. The number of carbonyl (C=O) groups excluding carboxylic acids is 1. The van der Waals surface area contributed by atoms with Crippen LogP contribution in [0.5, 0.6) is 0 Å². The number of benzene rings is 1. The minimum atomic E-state index is -4.59. The largest absolute Gasteiger partial charge is 0.444 e. The number of nitrogens with one attached hydrogen (secondary N) is 1. The van der Waals surface area contributed by atoms with Gasteiger partial charge in [-0.25, -0.2) is 4.79 Å². The molecule has 2 atom stereocenters. The first-order valence-corrected chi connectivity index (χ1v) is 12.0. The number of hydrogen-bond donors (Lipinski definition) is 1. The van der Waals surface area contributed by atoms with Gasteiger partial charge in [-0.05, 0) is 66.8 Å². The van der Waals surface area contributed by atoms with Crippen LogP contribution in [0.2, 0.25) is 0 Å². The molecule has 1 fully saturated rings. The van der Waals surface area contributed by atoms with Crippen molar-refractivity contribution in [1.29, 1.82) is 0 Å². The van der Waals surface area contributed by atoms with Gasteiger partial charge in [-0.3, -0.25) is 0 Å². The summed E-state index contributed by atoms with van der Waals surface area (Å²) in [5, 5.41) is 3.30. The quantitative estimate of drug-likeness (QED) is 0.296. The second kappa shape index (κ2) is 9.31. The van der Waals surface area contributed by atoms with Crippen molar-refractivity contribution in [2.45, 2.75) is 57.6 Å². The standard InChI is InChI=1S/C21H23F6IN2O2S/c1-19(2,3)32-18(31)30-8-7-14(13(10-30)21(25,26)27)29-15-6-4-5-11-12(9-20(22,23)24)17(28)33-16(11)15/h4-6,13-14,29H,7-10H2,1-3H3. The molecule has 1 aromatic heterocycles. The molecule has 0 saturated carbocycles. The molecule has 0 spiro atoms. The Balaban J connectivity index is 1.86. The third-order valence-electron chi connectivity index (χ3n) is 5.17. The van der Waals surface area contributed by atoms with E-state index in [0.29, 0.717) is 18.7 Å². The van der Waals surface area contributed by atoms with Crippen LogP contribution in [0.3, 0.4) is 0 Å². The number of hydrogen-bond acceptors (Lipinski definition) is 4. The zero-order valence-electron chi connectivity index (χ0n) is 18.0. The topological polar surface area (TPSA) is 41.6 Å². The Kier molecular flexibility index (Phi) is 7.38. The summed E-state index contributed by atoms with van der Waals surface area (Å²) in [6.07, 6.45) is -10.9. The summed E-state index contributed by atoms with van der Waals surface area (Å²) in [7, 11) is 0. The number of alkyl halides is 6. The second-order valence-electron chi connectivity index (χ2n) is 8.94. The molecule has 0 radical (unpaired) electrons. The molecular formula is C21H23F6IN2O2S. The van der Waals surface area contributed by atoms with Crippen molar-refractivity contribution in [3.63, 3.8) is 0 Å². The van der Waals surface area contributed by atoms with Crippen molar-refractivity contribution in [2.24, 2.45) is 5.92 Å². The Morgan fingerprint density at radius 1 is 1.21 bits per heavy atom. The molecule has 4 nitrogen and oxygen atoms in total. The number of thiophene rings is 1. The highest BCUT2D eigenvalue weighted by Gasteiger charge is 2.49. The van der Waals surface area contributed by atoms with Crippen LogP contribution in [-0.4, -0.2) is 48.1 Å². The van der Waals surface area contributed by atoms with E-state index >= 15 is 0 Å². The molecule has 1 amide bonds. The average molecular weight is 608 g/mol. The molecule has 1 saturated heterocycles. The third-order valence-corrected chi connectivity index (χ3v) is 7.55. The van der Waals surface area contributed by atoms with Gasteiger partial charge >= 0.3 is 18.4 Å². The number of anilines is 1. The van der Waals surface area contributed by atoms with E-state index in [1.807, 2.05) is 22.6 Å². The zero-order chi connectivity index (χ0) is 24.8. The van der Waals surface area contributed by atoms with E-state index < -0.39 is 49.0 Å². The second-order valence-corrected chi connectivity index (χ2v) is 11.8. The lowest BCUT2D eigenvalue weighted by atomic mass is 9.91. The first-order valence-electron chi connectivity index (χ1n) is 10.1. The van der Waals surface area contributed by atoms with Gasteiger partial charge in [0, 0.05) is 19.1 Å². The summed E-state index contributed by atoms with van der Waals surface area (Å²) < 4.78 is 86.8. The van der Waals surface area contributed by atoms with E-state index in [1.165, 1.54) is 6.07 Å². The van der Waals surface area contributed by atoms with Gasteiger partial charge in [0.1, 0.15) is 5.60 Å². The van der Waals surface area contributed by atoms with Crippen molar-refractivity contribution in [3.05, 3.63) is 26.6 Å². The van der Waals surface area contributed by atoms with Gasteiger partial charge < -0.3 is 15.0 Å². The number of likely N-dealkylation sites (tertiary alicyclic amines) is 1. The average Bonchev–Trinajstić information content (AvgIpc) is 2.95. The Morgan fingerprint density at radius 2 is 1.88 bits per heavy atom. The van der Waals surface area contributed by atoms with Crippen molar-refractivity contribution in [1.82, 2.24) is 4.90 Å². The van der Waals surface area contributed by atoms with Gasteiger partial charge in [-0.1, -0.05) is 12.1 Å². The van der Waals surface area contributed by atoms with Crippen LogP contribution in [0.25, 0.3) is 10.1 Å². The highest BCUT2D eigenvalue weighted by molar-refractivity contribution is 14.1. The van der Waals surface area contributed by atoms with Crippen LogP contribution in [0.15, 0.2) is 18.2 Å². The maximum Gasteiger partial charge on any atom is 0.410 e. The molecule has 2 aromatic rings. The first-order chi connectivity index (χ1) is 15.0. The lowest BCUT2D eigenvalue weighted by molar-refractivity contribution is -0.187. The molecule has 184 valence electrons. The van der Waals surface area contributed by atoms with E-state index in [2.05, 4.69) is 5.32 Å². The number of piperidine rings is 1. The number of carbonyl (C=O) groups is 1. The smallest absolute Gasteiger partial charge is 0.410 e. The van der Waals surface area contributed by atoms with Gasteiger partial charge in [0.25, 0.3) is 0 Å². The summed E-state index contributed by atoms with van der Waals surface area (Å²) >= 11 is 2.94. The lowest BCUT2D eigenvalue weighted by Crippen LogP contribution is -2.54. The fourth-order valence-electron chi connectivity index (χ4n) is 3.77. The van der Waals surface area contributed by atoms with Crippen LogP contribution < -0.4 is 5.32 Å². The van der Waals surface area contributed by atoms with Gasteiger partial charge in [-0.2, -0.15) is 26.3 Å². The van der Waals surface area contributed by atoms with E-state index in [4.69, 9.17) is 4.74 Å².